The Hall–Kier alpha value is 1.25. The Morgan fingerprint density at radius 2 is 1.89 bits per heavy atom. The fourth-order valence-electron chi connectivity index (χ4n) is 0.647. The van der Waals surface area contributed by atoms with Crippen molar-refractivity contribution in [3.8, 4) is 0 Å². The molecule has 0 N–H and O–H groups in total. The molecule has 0 aromatic carbocycles. The van der Waals surface area contributed by atoms with Crippen LogP contribution < -0.4 is 0 Å². The summed E-state index contributed by atoms with van der Waals surface area (Å²) in [5.74, 6) is 0.883. The summed E-state index contributed by atoms with van der Waals surface area (Å²) in [7, 11) is 0. The normalized spacial score (nSPS) is 9.33. The van der Waals surface area contributed by atoms with Crippen LogP contribution >= 0.6 is 15.9 Å². The van der Waals surface area contributed by atoms with E-state index in [-0.39, 0.29) is 25.9 Å². The van der Waals surface area contributed by atoms with Crippen LogP contribution in [-0.2, 0) is 0 Å². The molecule has 54 valence electrons. The molecule has 0 nitrogen and oxygen atoms in total. The van der Waals surface area contributed by atoms with Crippen molar-refractivity contribution in [2.75, 3.05) is 5.33 Å². The molecule has 0 fully saturated rings. The van der Waals surface area contributed by atoms with E-state index in [1.54, 1.807) is 0 Å². The second-order valence-electron chi connectivity index (χ2n) is 2.58. The summed E-state index contributed by atoms with van der Waals surface area (Å²) in [4.78, 5) is 0. The molecule has 0 rings (SSSR count). The second-order valence-corrected chi connectivity index (χ2v) is 3.37. The summed E-state index contributed by atoms with van der Waals surface area (Å²) in [5, 5.41) is 1.17. The minimum absolute atomic E-state index is 0. The number of rotatable bonds is 4. The van der Waals surface area contributed by atoms with Gasteiger partial charge in [-0.25, -0.2) is 0 Å². The van der Waals surface area contributed by atoms with Gasteiger partial charge in [-0.1, -0.05) is 42.6 Å². The summed E-state index contributed by atoms with van der Waals surface area (Å²) in [6.07, 6.45) is 4.09. The SMILES string of the molecule is CC(C)CCCCBr.[H-].[H-].[Mg+2]. The van der Waals surface area contributed by atoms with E-state index in [2.05, 4.69) is 29.8 Å². The Balaban J connectivity index is -0.0000000817. The van der Waals surface area contributed by atoms with Crippen LogP contribution in [0.15, 0.2) is 0 Å². The van der Waals surface area contributed by atoms with Gasteiger partial charge in [0.1, 0.15) is 0 Å². The quantitative estimate of drug-likeness (QED) is 0.376. The molecule has 9 heavy (non-hydrogen) atoms. The topological polar surface area (TPSA) is 0 Å². The Labute approximate surface area is 86.0 Å². The van der Waals surface area contributed by atoms with Gasteiger partial charge in [0.15, 0.2) is 0 Å². The van der Waals surface area contributed by atoms with Crippen molar-refractivity contribution in [1.29, 1.82) is 0 Å². The van der Waals surface area contributed by atoms with E-state index >= 15 is 0 Å². The maximum Gasteiger partial charge on any atom is 2.00 e. The third kappa shape index (κ3) is 12.4. The molecule has 0 saturated carbocycles. The number of hydrogen-bond donors (Lipinski definition) is 0. The maximum atomic E-state index is 3.40. The number of alkyl halides is 1. The number of unbranched alkanes of at least 4 members (excludes halogenated alkanes) is 1. The number of halogens is 1. The van der Waals surface area contributed by atoms with Crippen molar-refractivity contribution in [1.82, 2.24) is 0 Å². The zero-order valence-corrected chi connectivity index (χ0v) is 9.49. The molecule has 0 radical (unpaired) electrons. The molecule has 2 heteroatoms. The van der Waals surface area contributed by atoms with E-state index in [0.717, 1.165) is 5.92 Å². The molecular weight excluding hydrogens is 188 g/mol. The van der Waals surface area contributed by atoms with E-state index < -0.39 is 0 Å². The average molecular weight is 205 g/mol. The van der Waals surface area contributed by atoms with Gasteiger partial charge in [0.2, 0.25) is 0 Å². The third-order valence-corrected chi connectivity index (χ3v) is 1.73. The smallest absolute Gasteiger partial charge is 1.00 e. The van der Waals surface area contributed by atoms with Crippen molar-refractivity contribution in [3.63, 3.8) is 0 Å². The van der Waals surface area contributed by atoms with Gasteiger partial charge >= 0.3 is 23.1 Å². The first kappa shape index (κ1) is 12.9. The van der Waals surface area contributed by atoms with Gasteiger partial charge in [-0.3, -0.25) is 0 Å². The van der Waals surface area contributed by atoms with E-state index in [0.29, 0.717) is 0 Å². The molecule has 0 amide bonds. The van der Waals surface area contributed by atoms with E-state index in [1.165, 1.54) is 24.6 Å². The molecule has 0 bridgehead atoms. The molecule has 0 aliphatic carbocycles. The van der Waals surface area contributed by atoms with Gasteiger partial charge < -0.3 is 2.85 Å². The van der Waals surface area contributed by atoms with E-state index in [1.807, 2.05) is 0 Å². The summed E-state index contributed by atoms with van der Waals surface area (Å²) >= 11 is 3.40. The average Bonchev–Trinajstić information content (AvgIpc) is 1.66. The van der Waals surface area contributed by atoms with Gasteiger partial charge in [-0.2, -0.15) is 0 Å². The fourth-order valence-corrected chi connectivity index (χ4v) is 1.04. The molecule has 0 heterocycles. The first-order valence-electron chi connectivity index (χ1n) is 3.33. The molecular formula is C7H17BrMg. The molecule has 0 aromatic rings. The van der Waals surface area contributed by atoms with Gasteiger partial charge in [-0.15, -0.1) is 0 Å². The third-order valence-electron chi connectivity index (χ3n) is 1.17. The van der Waals surface area contributed by atoms with Crippen molar-refractivity contribution in [3.05, 3.63) is 0 Å². The van der Waals surface area contributed by atoms with Crippen LogP contribution in [-0.4, -0.2) is 28.4 Å². The Morgan fingerprint density at radius 1 is 1.33 bits per heavy atom. The van der Waals surface area contributed by atoms with Crippen LogP contribution in [0.2, 0.25) is 0 Å². The Morgan fingerprint density at radius 3 is 2.22 bits per heavy atom. The minimum atomic E-state index is 0. The van der Waals surface area contributed by atoms with Crippen LogP contribution in [0.4, 0.5) is 0 Å². The van der Waals surface area contributed by atoms with Gasteiger partial charge in [0.25, 0.3) is 0 Å². The summed E-state index contributed by atoms with van der Waals surface area (Å²) in [6, 6.07) is 0. The zero-order chi connectivity index (χ0) is 6.41. The maximum absolute atomic E-state index is 3.40. The van der Waals surface area contributed by atoms with Crippen LogP contribution in [0.5, 0.6) is 0 Å². The first-order valence-corrected chi connectivity index (χ1v) is 4.45. The van der Waals surface area contributed by atoms with Crippen molar-refractivity contribution in [2.24, 2.45) is 5.92 Å². The first-order chi connectivity index (χ1) is 3.77. The van der Waals surface area contributed by atoms with E-state index in [4.69, 9.17) is 0 Å². The van der Waals surface area contributed by atoms with E-state index in [9.17, 15) is 0 Å². The largest absolute Gasteiger partial charge is 2.00 e. The molecule has 0 atom stereocenters. The Kier molecular flexibility index (Phi) is 13.2. The van der Waals surface area contributed by atoms with Crippen LogP contribution in [0, 0.1) is 5.92 Å². The predicted molar refractivity (Wildman–Crippen MR) is 50.5 cm³/mol. The van der Waals surface area contributed by atoms with Gasteiger partial charge in [0, 0.05) is 5.33 Å². The molecule has 0 aliphatic rings. The van der Waals surface area contributed by atoms with Crippen molar-refractivity contribution < 1.29 is 2.85 Å². The van der Waals surface area contributed by atoms with Gasteiger partial charge in [-0.05, 0) is 12.3 Å². The molecule has 0 spiro atoms. The number of hydrogen-bond acceptors (Lipinski definition) is 0. The standard InChI is InChI=1S/C7H15Br.Mg.2H/c1-7(2)5-3-4-6-8;;;/h7H,3-6H2,1-2H3;;;/q;+2;2*-1. The van der Waals surface area contributed by atoms with Crippen LogP contribution in [0.3, 0.4) is 0 Å². The second kappa shape index (κ2) is 9.25. The monoisotopic (exact) mass is 204 g/mol. The van der Waals surface area contributed by atoms with Crippen molar-refractivity contribution >= 4 is 39.0 Å². The Bertz CT molecular complexity index is 53.7. The molecule has 0 aliphatic heterocycles. The van der Waals surface area contributed by atoms with Gasteiger partial charge in [0.05, 0.1) is 0 Å². The summed E-state index contributed by atoms with van der Waals surface area (Å²) < 4.78 is 0. The van der Waals surface area contributed by atoms with Crippen LogP contribution in [0.25, 0.3) is 0 Å². The predicted octanol–water partition coefficient (Wildman–Crippen LogP) is 3.05. The zero-order valence-electron chi connectivity index (χ0n) is 8.49. The summed E-state index contributed by atoms with van der Waals surface area (Å²) in [6.45, 7) is 4.54. The molecule has 0 saturated heterocycles. The molecule has 0 aromatic heterocycles. The fraction of sp³-hybridized carbons (Fsp3) is 1.00. The summed E-state index contributed by atoms with van der Waals surface area (Å²) in [5.41, 5.74) is 0. The minimum Gasteiger partial charge on any atom is -1.00 e. The molecule has 0 unspecified atom stereocenters. The van der Waals surface area contributed by atoms with Crippen LogP contribution in [0.1, 0.15) is 36.0 Å². The van der Waals surface area contributed by atoms with Crippen molar-refractivity contribution in [2.45, 2.75) is 33.1 Å².